The quantitative estimate of drug-likeness (QED) is 0.652. The summed E-state index contributed by atoms with van der Waals surface area (Å²) >= 11 is 0. The van der Waals surface area contributed by atoms with Crippen molar-refractivity contribution in [3.8, 4) is 5.82 Å². The monoisotopic (exact) mass is 298 g/mol. The fourth-order valence-corrected chi connectivity index (χ4v) is 2.52. The van der Waals surface area contributed by atoms with Crippen LogP contribution in [-0.2, 0) is 6.54 Å². The number of hydrogen-bond donors (Lipinski definition) is 2. The van der Waals surface area contributed by atoms with E-state index >= 15 is 0 Å². The number of hydrogen-bond acceptors (Lipinski definition) is 3. The van der Waals surface area contributed by atoms with Crippen LogP contribution in [-0.4, -0.2) is 34.1 Å². The summed E-state index contributed by atoms with van der Waals surface area (Å²) in [6, 6.07) is 4.01. The molecule has 0 radical (unpaired) electrons. The fourth-order valence-electron chi connectivity index (χ4n) is 2.52. The molecular weight excluding hydrogens is 276 g/mol. The number of nitrogens with one attached hydrogen (secondary N) is 2. The highest BCUT2D eigenvalue weighted by Crippen LogP contribution is 2.25. The molecule has 0 bridgehead atoms. The zero-order valence-electron chi connectivity index (χ0n) is 12.9. The highest BCUT2D eigenvalue weighted by molar-refractivity contribution is 5.79. The van der Waals surface area contributed by atoms with Gasteiger partial charge in [-0.05, 0) is 24.8 Å². The minimum absolute atomic E-state index is 0.672. The minimum Gasteiger partial charge on any atom is -0.356 e. The lowest BCUT2D eigenvalue weighted by Crippen LogP contribution is -2.40. The average Bonchev–Trinajstić information content (AvgIpc) is 3.03. The third-order valence-electron chi connectivity index (χ3n) is 4.07. The van der Waals surface area contributed by atoms with Crippen LogP contribution < -0.4 is 10.6 Å². The topological polar surface area (TPSA) is 67.1 Å². The molecule has 1 saturated carbocycles. The smallest absolute Gasteiger partial charge is 0.191 e. The minimum atomic E-state index is 0.672. The summed E-state index contributed by atoms with van der Waals surface area (Å²) in [4.78, 5) is 12.8. The fraction of sp³-hybridized carbons (Fsp3) is 0.438. The molecule has 0 spiro atoms. The lowest BCUT2D eigenvalue weighted by Gasteiger charge is -2.26. The van der Waals surface area contributed by atoms with Crippen LogP contribution in [0.1, 0.15) is 24.8 Å². The number of pyridine rings is 1. The molecule has 0 aromatic carbocycles. The Morgan fingerprint density at radius 1 is 1.36 bits per heavy atom. The molecule has 0 aliphatic heterocycles. The van der Waals surface area contributed by atoms with Gasteiger partial charge < -0.3 is 10.6 Å². The Kier molecular flexibility index (Phi) is 4.68. The van der Waals surface area contributed by atoms with Gasteiger partial charge >= 0.3 is 0 Å². The summed E-state index contributed by atoms with van der Waals surface area (Å²) in [5.41, 5.74) is 1.10. The van der Waals surface area contributed by atoms with Gasteiger partial charge in [-0.3, -0.25) is 9.56 Å². The highest BCUT2D eigenvalue weighted by Gasteiger charge is 2.17. The number of rotatable bonds is 5. The Hall–Kier alpha value is -2.37. The Labute approximate surface area is 130 Å². The van der Waals surface area contributed by atoms with Crippen LogP contribution in [0.25, 0.3) is 5.82 Å². The van der Waals surface area contributed by atoms with Crippen molar-refractivity contribution in [2.24, 2.45) is 10.9 Å². The second-order valence-electron chi connectivity index (χ2n) is 5.56. The van der Waals surface area contributed by atoms with Gasteiger partial charge in [0, 0.05) is 44.3 Å². The van der Waals surface area contributed by atoms with E-state index in [0.29, 0.717) is 6.54 Å². The summed E-state index contributed by atoms with van der Waals surface area (Å²) in [6.07, 6.45) is 11.2. The van der Waals surface area contributed by atoms with Gasteiger partial charge in [0.15, 0.2) is 5.96 Å². The summed E-state index contributed by atoms with van der Waals surface area (Å²) in [7, 11) is 1.80. The van der Waals surface area contributed by atoms with E-state index in [9.17, 15) is 0 Å². The predicted molar refractivity (Wildman–Crippen MR) is 86.9 cm³/mol. The van der Waals surface area contributed by atoms with Crippen molar-refractivity contribution in [2.45, 2.75) is 25.8 Å². The van der Waals surface area contributed by atoms with Gasteiger partial charge in [-0.15, -0.1) is 0 Å². The standard InChI is InChI=1S/C16H22N6/c1-17-16(20-10-13-4-2-5-13)21-11-14-6-3-7-19-15(14)22-9-8-18-12-22/h3,6-9,12-13H,2,4-5,10-11H2,1H3,(H2,17,20,21). The van der Waals surface area contributed by atoms with Crippen molar-refractivity contribution in [1.82, 2.24) is 25.2 Å². The largest absolute Gasteiger partial charge is 0.356 e. The van der Waals surface area contributed by atoms with E-state index in [1.54, 1.807) is 25.8 Å². The van der Waals surface area contributed by atoms with E-state index in [-0.39, 0.29) is 0 Å². The van der Waals surface area contributed by atoms with Crippen LogP contribution in [0.3, 0.4) is 0 Å². The zero-order chi connectivity index (χ0) is 15.2. The summed E-state index contributed by atoms with van der Waals surface area (Å²) in [6.45, 7) is 1.67. The second-order valence-corrected chi connectivity index (χ2v) is 5.56. The third-order valence-corrected chi connectivity index (χ3v) is 4.07. The van der Waals surface area contributed by atoms with Crippen LogP contribution in [0.5, 0.6) is 0 Å². The molecular formula is C16H22N6. The van der Waals surface area contributed by atoms with E-state index in [1.807, 2.05) is 16.8 Å². The van der Waals surface area contributed by atoms with Gasteiger partial charge in [0.05, 0.1) is 0 Å². The van der Waals surface area contributed by atoms with Crippen molar-refractivity contribution in [2.75, 3.05) is 13.6 Å². The van der Waals surface area contributed by atoms with E-state index in [4.69, 9.17) is 0 Å². The maximum absolute atomic E-state index is 4.44. The first kappa shape index (κ1) is 14.6. The van der Waals surface area contributed by atoms with Crippen molar-refractivity contribution in [3.05, 3.63) is 42.6 Å². The number of aromatic nitrogens is 3. The van der Waals surface area contributed by atoms with Gasteiger partial charge in [-0.25, -0.2) is 9.97 Å². The number of aliphatic imine (C=N–C) groups is 1. The van der Waals surface area contributed by atoms with Crippen molar-refractivity contribution < 1.29 is 0 Å². The molecule has 1 aliphatic rings. The maximum Gasteiger partial charge on any atom is 0.191 e. The average molecular weight is 298 g/mol. The third kappa shape index (κ3) is 3.44. The molecule has 1 fully saturated rings. The molecule has 2 heterocycles. The Morgan fingerprint density at radius 3 is 2.95 bits per heavy atom. The molecule has 3 rings (SSSR count). The molecule has 0 unspecified atom stereocenters. The number of nitrogens with zero attached hydrogens (tertiary/aromatic N) is 4. The predicted octanol–water partition coefficient (Wildman–Crippen LogP) is 1.73. The van der Waals surface area contributed by atoms with Crippen LogP contribution in [0.15, 0.2) is 42.0 Å². The summed E-state index contributed by atoms with van der Waals surface area (Å²) < 4.78 is 1.92. The van der Waals surface area contributed by atoms with E-state index < -0.39 is 0 Å². The van der Waals surface area contributed by atoms with E-state index in [2.05, 4.69) is 31.7 Å². The molecule has 0 amide bonds. The van der Waals surface area contributed by atoms with E-state index in [1.165, 1.54) is 19.3 Å². The Balaban J connectivity index is 1.60. The van der Waals surface area contributed by atoms with Gasteiger partial charge in [0.2, 0.25) is 0 Å². The van der Waals surface area contributed by atoms with Gasteiger partial charge in [-0.2, -0.15) is 0 Å². The second kappa shape index (κ2) is 7.06. The Bertz CT molecular complexity index is 615. The molecule has 2 N–H and O–H groups in total. The normalized spacial score (nSPS) is 15.4. The molecule has 6 nitrogen and oxygen atoms in total. The molecule has 2 aromatic rings. The van der Waals surface area contributed by atoms with Crippen molar-refractivity contribution >= 4 is 5.96 Å². The molecule has 6 heteroatoms. The lowest BCUT2D eigenvalue weighted by atomic mass is 9.85. The van der Waals surface area contributed by atoms with Gasteiger partial charge in [0.25, 0.3) is 0 Å². The lowest BCUT2D eigenvalue weighted by molar-refractivity contribution is 0.314. The first-order valence-electron chi connectivity index (χ1n) is 7.73. The first-order chi connectivity index (χ1) is 10.9. The van der Waals surface area contributed by atoms with Crippen LogP contribution in [0.2, 0.25) is 0 Å². The van der Waals surface area contributed by atoms with Gasteiger partial charge in [0.1, 0.15) is 12.1 Å². The first-order valence-corrected chi connectivity index (χ1v) is 7.73. The molecule has 0 saturated heterocycles. The summed E-state index contributed by atoms with van der Waals surface area (Å²) in [5.74, 6) is 2.53. The number of imidazole rings is 1. The van der Waals surface area contributed by atoms with Crippen LogP contribution in [0, 0.1) is 5.92 Å². The Morgan fingerprint density at radius 2 is 2.27 bits per heavy atom. The van der Waals surface area contributed by atoms with E-state index in [0.717, 1.165) is 29.8 Å². The van der Waals surface area contributed by atoms with Crippen LogP contribution >= 0.6 is 0 Å². The van der Waals surface area contributed by atoms with Crippen molar-refractivity contribution in [1.29, 1.82) is 0 Å². The number of guanidine groups is 1. The zero-order valence-corrected chi connectivity index (χ0v) is 12.9. The van der Waals surface area contributed by atoms with Gasteiger partial charge in [-0.1, -0.05) is 12.5 Å². The molecule has 116 valence electrons. The van der Waals surface area contributed by atoms with Crippen LogP contribution in [0.4, 0.5) is 0 Å². The highest BCUT2D eigenvalue weighted by atomic mass is 15.2. The molecule has 2 aromatic heterocycles. The SMILES string of the molecule is CN=C(NCc1cccnc1-n1ccnc1)NCC1CCC1. The molecule has 1 aliphatic carbocycles. The summed E-state index contributed by atoms with van der Waals surface area (Å²) in [5, 5.41) is 6.75. The maximum atomic E-state index is 4.44. The molecule has 22 heavy (non-hydrogen) atoms. The molecule has 0 atom stereocenters. The van der Waals surface area contributed by atoms with Crippen molar-refractivity contribution in [3.63, 3.8) is 0 Å².